The molecule has 2 heterocycles. The summed E-state index contributed by atoms with van der Waals surface area (Å²) < 4.78 is 7.43. The van der Waals surface area contributed by atoms with Gasteiger partial charge in [-0.15, -0.1) is 0 Å². The van der Waals surface area contributed by atoms with Crippen molar-refractivity contribution < 1.29 is 9.53 Å². The molecule has 6 heteroatoms. The van der Waals surface area contributed by atoms with Crippen LogP contribution >= 0.6 is 0 Å². The Kier molecular flexibility index (Phi) is 5.71. The summed E-state index contributed by atoms with van der Waals surface area (Å²) in [5.74, 6) is 1.53. The number of hydrogen-bond acceptors (Lipinski definition) is 4. The van der Waals surface area contributed by atoms with E-state index in [-0.39, 0.29) is 11.9 Å². The van der Waals surface area contributed by atoms with Gasteiger partial charge in [-0.2, -0.15) is 5.10 Å². The van der Waals surface area contributed by atoms with Crippen LogP contribution in [0.25, 0.3) is 0 Å². The van der Waals surface area contributed by atoms with Crippen LogP contribution < -0.4 is 10.1 Å². The lowest BCUT2D eigenvalue weighted by atomic mass is 10.2. The number of likely N-dealkylation sites (tertiary alicyclic amines) is 1. The molecule has 1 saturated heterocycles. The van der Waals surface area contributed by atoms with Crippen LogP contribution in [0.3, 0.4) is 0 Å². The molecule has 0 spiro atoms. The van der Waals surface area contributed by atoms with Crippen molar-refractivity contribution in [2.24, 2.45) is 5.92 Å². The van der Waals surface area contributed by atoms with Gasteiger partial charge >= 0.3 is 0 Å². The molecule has 1 amide bonds. The van der Waals surface area contributed by atoms with Gasteiger partial charge in [-0.3, -0.25) is 14.4 Å². The van der Waals surface area contributed by atoms with Crippen molar-refractivity contribution >= 4 is 11.6 Å². The van der Waals surface area contributed by atoms with E-state index in [0.29, 0.717) is 6.61 Å². The molecule has 0 aliphatic carbocycles. The summed E-state index contributed by atoms with van der Waals surface area (Å²) in [5.41, 5.74) is 0.754. The van der Waals surface area contributed by atoms with Gasteiger partial charge in [0.25, 0.3) is 0 Å². The molecule has 25 heavy (non-hydrogen) atoms. The maximum Gasteiger partial charge on any atom is 0.248 e. The molecule has 1 fully saturated rings. The molecule has 0 radical (unpaired) electrons. The molecule has 2 atom stereocenters. The fourth-order valence-corrected chi connectivity index (χ4v) is 3.03. The van der Waals surface area contributed by atoms with Crippen molar-refractivity contribution in [1.29, 1.82) is 0 Å². The first-order chi connectivity index (χ1) is 12.1. The predicted octanol–water partition coefficient (Wildman–Crippen LogP) is 2.80. The lowest BCUT2D eigenvalue weighted by Gasteiger charge is -2.16. The Labute approximate surface area is 148 Å². The number of anilines is 1. The molecule has 0 saturated carbocycles. The summed E-state index contributed by atoms with van der Waals surface area (Å²) in [6.07, 6.45) is 4.73. The van der Waals surface area contributed by atoms with Gasteiger partial charge in [0, 0.05) is 31.2 Å². The van der Waals surface area contributed by atoms with Crippen LogP contribution in [0.15, 0.2) is 42.7 Å². The largest absolute Gasteiger partial charge is 0.492 e. The van der Waals surface area contributed by atoms with Crippen molar-refractivity contribution in [3.8, 4) is 5.75 Å². The summed E-state index contributed by atoms with van der Waals surface area (Å²) in [4.78, 5) is 14.7. The number of benzene rings is 1. The maximum absolute atomic E-state index is 12.2. The Morgan fingerprint density at radius 1 is 1.40 bits per heavy atom. The monoisotopic (exact) mass is 342 g/mol. The van der Waals surface area contributed by atoms with Crippen LogP contribution in [-0.4, -0.2) is 46.8 Å². The van der Waals surface area contributed by atoms with Crippen molar-refractivity contribution in [1.82, 2.24) is 14.7 Å². The molecule has 6 nitrogen and oxygen atoms in total. The quantitative estimate of drug-likeness (QED) is 0.840. The first kappa shape index (κ1) is 17.5. The first-order valence-corrected chi connectivity index (χ1v) is 8.87. The topological polar surface area (TPSA) is 59.4 Å². The third kappa shape index (κ3) is 4.82. The van der Waals surface area contributed by atoms with Gasteiger partial charge in [0.05, 0.1) is 0 Å². The maximum atomic E-state index is 12.2. The summed E-state index contributed by atoms with van der Waals surface area (Å²) in [6.45, 7) is 8.10. The molecular weight excluding hydrogens is 316 g/mol. The lowest BCUT2D eigenvalue weighted by molar-refractivity contribution is -0.119. The van der Waals surface area contributed by atoms with E-state index in [1.807, 2.05) is 31.2 Å². The smallest absolute Gasteiger partial charge is 0.248 e. The number of rotatable bonds is 7. The van der Waals surface area contributed by atoms with Gasteiger partial charge in [0.1, 0.15) is 18.4 Å². The number of carbonyl (C=O) groups is 1. The number of nitrogens with one attached hydrogen (secondary N) is 1. The average molecular weight is 342 g/mol. The van der Waals surface area contributed by atoms with Crippen molar-refractivity contribution in [3.63, 3.8) is 0 Å². The third-order valence-corrected chi connectivity index (χ3v) is 4.61. The minimum absolute atomic E-state index is 0.0967. The zero-order valence-electron chi connectivity index (χ0n) is 14.9. The highest BCUT2D eigenvalue weighted by Gasteiger charge is 2.18. The second-order valence-electron chi connectivity index (χ2n) is 6.72. The van der Waals surface area contributed by atoms with E-state index in [1.165, 1.54) is 19.5 Å². The van der Waals surface area contributed by atoms with Crippen molar-refractivity contribution in [3.05, 3.63) is 42.7 Å². The summed E-state index contributed by atoms with van der Waals surface area (Å²) in [5, 5.41) is 7.00. The van der Waals surface area contributed by atoms with Gasteiger partial charge in [-0.05, 0) is 56.1 Å². The molecule has 1 N–H and O–H groups in total. The average Bonchev–Trinajstić information content (AvgIpc) is 3.27. The minimum atomic E-state index is -0.353. The van der Waals surface area contributed by atoms with E-state index in [9.17, 15) is 4.79 Å². The van der Waals surface area contributed by atoms with E-state index in [0.717, 1.165) is 23.9 Å². The van der Waals surface area contributed by atoms with E-state index in [4.69, 9.17) is 4.74 Å². The van der Waals surface area contributed by atoms with Gasteiger partial charge < -0.3 is 10.1 Å². The molecule has 134 valence electrons. The van der Waals surface area contributed by atoms with Crippen LogP contribution in [0.1, 0.15) is 26.3 Å². The number of ether oxygens (including phenoxy) is 1. The Morgan fingerprint density at radius 2 is 2.20 bits per heavy atom. The summed E-state index contributed by atoms with van der Waals surface area (Å²) >= 11 is 0. The van der Waals surface area contributed by atoms with Gasteiger partial charge in [0.15, 0.2) is 0 Å². The minimum Gasteiger partial charge on any atom is -0.492 e. The first-order valence-electron chi connectivity index (χ1n) is 8.87. The number of hydrogen-bond donors (Lipinski definition) is 1. The Hall–Kier alpha value is -2.34. The van der Waals surface area contributed by atoms with Gasteiger partial charge in [0.2, 0.25) is 5.91 Å². The highest BCUT2D eigenvalue weighted by Crippen LogP contribution is 2.18. The van der Waals surface area contributed by atoms with Crippen LogP contribution in [0, 0.1) is 5.92 Å². The number of amides is 1. The molecule has 0 bridgehead atoms. The third-order valence-electron chi connectivity index (χ3n) is 4.61. The number of nitrogens with zero attached hydrogens (tertiary/aromatic N) is 3. The second kappa shape index (κ2) is 8.16. The standard InChI is InChI=1S/C19H26N4O2/c1-15-8-11-22(14-15)12-13-25-18-6-4-17(5-7-18)21-19(24)16(2)23-10-3-9-20-23/h3-7,9-10,15-16H,8,11-14H2,1-2H3,(H,21,24)/t15-,16-/m0/s1. The van der Waals surface area contributed by atoms with Crippen LogP contribution in [-0.2, 0) is 4.79 Å². The molecule has 1 aromatic heterocycles. The highest BCUT2D eigenvalue weighted by atomic mass is 16.5. The van der Waals surface area contributed by atoms with Crippen LogP contribution in [0.4, 0.5) is 5.69 Å². The number of aromatic nitrogens is 2. The molecule has 0 unspecified atom stereocenters. The molecule has 2 aromatic rings. The Balaban J connectivity index is 1.44. The highest BCUT2D eigenvalue weighted by molar-refractivity contribution is 5.93. The summed E-state index contributed by atoms with van der Waals surface area (Å²) in [6, 6.07) is 8.95. The van der Waals surface area contributed by atoms with Crippen molar-refractivity contribution in [2.45, 2.75) is 26.3 Å². The second-order valence-corrected chi connectivity index (χ2v) is 6.72. The zero-order valence-corrected chi connectivity index (χ0v) is 14.9. The molecule has 1 aromatic carbocycles. The van der Waals surface area contributed by atoms with E-state index in [1.54, 1.807) is 23.1 Å². The lowest BCUT2D eigenvalue weighted by Crippen LogP contribution is -2.26. The zero-order chi connectivity index (χ0) is 17.6. The fraction of sp³-hybridized carbons (Fsp3) is 0.474. The molecule has 3 rings (SSSR count). The molecular formula is C19H26N4O2. The van der Waals surface area contributed by atoms with E-state index < -0.39 is 0 Å². The van der Waals surface area contributed by atoms with E-state index >= 15 is 0 Å². The van der Waals surface area contributed by atoms with Crippen molar-refractivity contribution in [2.75, 3.05) is 31.6 Å². The number of carbonyl (C=O) groups excluding carboxylic acids is 1. The van der Waals surface area contributed by atoms with E-state index in [2.05, 4.69) is 22.2 Å². The van der Waals surface area contributed by atoms with Crippen LogP contribution in [0.2, 0.25) is 0 Å². The Bertz CT molecular complexity index is 669. The Morgan fingerprint density at radius 3 is 2.84 bits per heavy atom. The predicted molar refractivity (Wildman–Crippen MR) is 97.7 cm³/mol. The molecule has 1 aliphatic heterocycles. The normalized spacial score (nSPS) is 18.9. The fourth-order valence-electron chi connectivity index (χ4n) is 3.03. The van der Waals surface area contributed by atoms with Gasteiger partial charge in [-0.1, -0.05) is 6.92 Å². The SMILES string of the molecule is C[C@H]1CCN(CCOc2ccc(NC(=O)[C@H](C)n3cccn3)cc2)C1. The summed E-state index contributed by atoms with van der Waals surface area (Å²) in [7, 11) is 0. The van der Waals surface area contributed by atoms with Gasteiger partial charge in [-0.25, -0.2) is 0 Å². The van der Waals surface area contributed by atoms with Crippen LogP contribution in [0.5, 0.6) is 5.75 Å². The molecule has 1 aliphatic rings.